The summed E-state index contributed by atoms with van der Waals surface area (Å²) in [6.45, 7) is 15.6. The summed E-state index contributed by atoms with van der Waals surface area (Å²) in [6, 6.07) is 38.1. The van der Waals surface area contributed by atoms with Gasteiger partial charge >= 0.3 is 17.9 Å². The van der Waals surface area contributed by atoms with E-state index in [1.807, 2.05) is 162 Å². The number of esters is 3. The van der Waals surface area contributed by atoms with Gasteiger partial charge < -0.3 is 69.8 Å². The highest BCUT2D eigenvalue weighted by Crippen LogP contribution is 2.45. The van der Waals surface area contributed by atoms with Crippen molar-refractivity contribution < 1.29 is 81.0 Å². The molecule has 0 aliphatic heterocycles. The average Bonchev–Trinajstić information content (AvgIpc) is 1.64. The highest BCUT2D eigenvalue weighted by Gasteiger charge is 2.44. The highest BCUT2D eigenvalue weighted by atomic mass is 16.6. The fourth-order valence-corrected chi connectivity index (χ4v) is 15.6. The summed E-state index contributed by atoms with van der Waals surface area (Å²) in [7, 11) is 6.19. The van der Waals surface area contributed by atoms with Crippen LogP contribution in [0.1, 0.15) is 220 Å². The maximum atomic E-state index is 14.8. The van der Waals surface area contributed by atoms with Gasteiger partial charge in [0.25, 0.3) is 23.4 Å². The summed E-state index contributed by atoms with van der Waals surface area (Å²) in [5, 5.41) is 31.0. The summed E-state index contributed by atoms with van der Waals surface area (Å²) in [5.41, 5.74) is 2.80. The Balaban J connectivity index is 0.857. The molecule has 121 heavy (non-hydrogen) atoms. The standard InChI is InChI=1S/C92H118N12O17/c1-57(2)43-63(95-88(110)68-49-71(102(99-68)54-60(7)8)85-74(114-10)37-26-38-75(85)115-11)47-81(106)94-53-84(109)121-92(9,98-82(107)48-65(45-59(5)6)97-90(112)70-51-73(104(101-70)67-35-24-17-25-36-67)87-77(117-13)40-28-42-79(87)119-56-62-31-20-15-21-32-62)91(113)120-83(108)52-93-80(105)46-64(44-58(3)4)96-89(111)69-50-72(103(100-69)66-33-22-16-23-34-66)86-76(116-12)39-27-41-78(86)118-55-61-29-18-14-19-30-61/h14-15,18-21,26-32,37-42,49-51,57-60,63-67H,16-17,22-25,33-36,43-48,52-56H2,1-13H3,(H,93,105)(H,94,106)(H,95,110)(H,96,111)(H,97,112)(H,98,107)/t63-,64-,65-,92?/m0/s1. The first-order valence-electron chi connectivity index (χ1n) is 42.0. The lowest BCUT2D eigenvalue weighted by molar-refractivity contribution is -0.189. The number of ether oxygens (including phenoxy) is 8. The zero-order valence-corrected chi connectivity index (χ0v) is 71.9. The molecular formula is C92H118N12O17. The second-order valence-electron chi connectivity index (χ2n) is 32.9. The number of aromatic nitrogens is 6. The van der Waals surface area contributed by atoms with Gasteiger partial charge in [0, 0.05) is 50.9 Å². The van der Waals surface area contributed by atoms with Crippen molar-refractivity contribution in [3.63, 3.8) is 0 Å². The van der Waals surface area contributed by atoms with E-state index in [1.165, 1.54) is 14.2 Å². The molecule has 5 aromatic carbocycles. The molecule has 2 fully saturated rings. The molecule has 2 aliphatic rings. The minimum absolute atomic E-state index is 0.0359. The first-order valence-corrected chi connectivity index (χ1v) is 42.0. The van der Waals surface area contributed by atoms with E-state index >= 15 is 0 Å². The van der Waals surface area contributed by atoms with Crippen molar-refractivity contribution in [3.05, 3.63) is 162 Å². The molecule has 10 rings (SSSR count). The molecule has 0 spiro atoms. The predicted molar refractivity (Wildman–Crippen MR) is 456 cm³/mol. The number of carbonyl (C=O) groups is 9. The number of hydrogen-bond acceptors (Lipinski definition) is 20. The van der Waals surface area contributed by atoms with Crippen molar-refractivity contribution in [1.82, 2.24) is 61.2 Å². The first kappa shape index (κ1) is 91.3. The van der Waals surface area contributed by atoms with Gasteiger partial charge in [0.05, 0.1) is 74.3 Å². The zero-order chi connectivity index (χ0) is 86.9. The molecule has 1 unspecified atom stereocenters. The molecule has 6 N–H and O–H groups in total. The van der Waals surface area contributed by atoms with Gasteiger partial charge in [-0.1, -0.05) is 173 Å². The van der Waals surface area contributed by atoms with Gasteiger partial charge in [-0.25, -0.2) is 9.59 Å². The van der Waals surface area contributed by atoms with E-state index in [9.17, 15) is 43.2 Å². The number of amides is 6. The quantitative estimate of drug-likeness (QED) is 0.0118. The summed E-state index contributed by atoms with van der Waals surface area (Å²) in [4.78, 5) is 129. The molecule has 0 saturated heterocycles. The molecular weight excluding hydrogens is 1550 g/mol. The minimum Gasteiger partial charge on any atom is -0.496 e. The average molecular weight is 1660 g/mol. The molecule has 2 aliphatic carbocycles. The summed E-state index contributed by atoms with van der Waals surface area (Å²) in [6.07, 6.45) is 8.87. The lowest BCUT2D eigenvalue weighted by Gasteiger charge is -2.29. The van der Waals surface area contributed by atoms with Crippen LogP contribution >= 0.6 is 0 Å². The third kappa shape index (κ3) is 25.5. The Morgan fingerprint density at radius 3 is 1.16 bits per heavy atom. The van der Waals surface area contributed by atoms with Gasteiger partial charge in [-0.15, -0.1) is 0 Å². The summed E-state index contributed by atoms with van der Waals surface area (Å²) >= 11 is 0. The molecule has 29 nitrogen and oxygen atoms in total. The molecule has 3 aromatic heterocycles. The van der Waals surface area contributed by atoms with Crippen LogP contribution in [0.4, 0.5) is 0 Å². The van der Waals surface area contributed by atoms with E-state index in [2.05, 4.69) is 31.9 Å². The van der Waals surface area contributed by atoms with Crippen LogP contribution in [0, 0.1) is 23.7 Å². The van der Waals surface area contributed by atoms with Crippen LogP contribution in [0.25, 0.3) is 33.8 Å². The predicted octanol–water partition coefficient (Wildman–Crippen LogP) is 13.8. The van der Waals surface area contributed by atoms with Gasteiger partial charge in [0.2, 0.25) is 17.7 Å². The maximum Gasteiger partial charge on any atom is 0.379 e. The summed E-state index contributed by atoms with van der Waals surface area (Å²) in [5.74, 6) is -5.43. The fraction of sp³-hybridized carbons (Fsp3) is 0.478. The van der Waals surface area contributed by atoms with E-state index in [0.717, 1.165) is 82.3 Å². The van der Waals surface area contributed by atoms with Crippen molar-refractivity contribution in [2.45, 2.75) is 221 Å². The Morgan fingerprint density at radius 1 is 0.421 bits per heavy atom. The number of methoxy groups -OCH3 is 4. The number of carbonyl (C=O) groups excluding carboxylic acids is 9. The maximum absolute atomic E-state index is 14.8. The molecule has 0 radical (unpaired) electrons. The van der Waals surface area contributed by atoms with Crippen LogP contribution in [0.15, 0.2) is 133 Å². The summed E-state index contributed by atoms with van der Waals surface area (Å²) < 4.78 is 52.7. The van der Waals surface area contributed by atoms with Crippen molar-refractivity contribution in [2.75, 3.05) is 41.5 Å². The second kappa shape index (κ2) is 43.8. The molecule has 4 atom stereocenters. The normalized spacial score (nSPS) is 14.4. The molecule has 8 aromatic rings. The van der Waals surface area contributed by atoms with Crippen molar-refractivity contribution in [2.24, 2.45) is 23.7 Å². The lowest BCUT2D eigenvalue weighted by Crippen LogP contribution is -2.58. The van der Waals surface area contributed by atoms with E-state index in [1.54, 1.807) is 55.3 Å². The van der Waals surface area contributed by atoms with E-state index in [0.29, 0.717) is 87.7 Å². The molecule has 6 amide bonds. The smallest absolute Gasteiger partial charge is 0.379 e. The minimum atomic E-state index is -2.83. The molecule has 29 heteroatoms. The Labute approximate surface area is 708 Å². The Morgan fingerprint density at radius 2 is 0.777 bits per heavy atom. The Bertz CT molecular complexity index is 4830. The first-order chi connectivity index (χ1) is 58.1. The largest absolute Gasteiger partial charge is 0.496 e. The van der Waals surface area contributed by atoms with E-state index in [-0.39, 0.29) is 85.3 Å². The van der Waals surface area contributed by atoms with Crippen LogP contribution in [-0.4, -0.2) is 148 Å². The van der Waals surface area contributed by atoms with Gasteiger partial charge in [0.1, 0.15) is 60.8 Å². The van der Waals surface area contributed by atoms with Gasteiger partial charge in [-0.2, -0.15) is 15.3 Å². The van der Waals surface area contributed by atoms with Crippen molar-refractivity contribution in [1.29, 1.82) is 0 Å². The van der Waals surface area contributed by atoms with Crippen LogP contribution in [0.5, 0.6) is 34.5 Å². The number of nitrogens with zero attached hydrogens (tertiary/aromatic N) is 6. The van der Waals surface area contributed by atoms with Crippen LogP contribution in [-0.2, 0) is 58.0 Å². The molecule has 3 heterocycles. The van der Waals surface area contributed by atoms with Crippen molar-refractivity contribution in [3.8, 4) is 68.3 Å². The Kier molecular flexibility index (Phi) is 33.0. The van der Waals surface area contributed by atoms with E-state index < -0.39 is 96.7 Å². The number of rotatable bonds is 42. The zero-order valence-electron chi connectivity index (χ0n) is 71.9. The topological polar surface area (TPSA) is 353 Å². The Hall–Kier alpha value is -12.0. The third-order valence-electron chi connectivity index (χ3n) is 21.1. The molecule has 648 valence electrons. The number of hydrogen-bond donors (Lipinski definition) is 6. The molecule has 2 saturated carbocycles. The van der Waals surface area contributed by atoms with Gasteiger partial charge in [0.15, 0.2) is 17.1 Å². The highest BCUT2D eigenvalue weighted by molar-refractivity contribution is 5.99. The number of nitrogens with one attached hydrogen (secondary N) is 6. The third-order valence-corrected chi connectivity index (χ3v) is 21.1. The van der Waals surface area contributed by atoms with Gasteiger partial charge in [-0.05, 0) is 134 Å². The second-order valence-corrected chi connectivity index (χ2v) is 32.9. The SMILES string of the molecule is COc1cccc(OC)c1-c1cc(C(=O)N[C@H](CC(=O)NCC(=O)OC(C)(NC(=O)C[C@H](CC(C)C)NC(=O)c2cc(-c3c(OC)cccc3OCc3ccccc3)n(C3CCCCC3)n2)C(=O)OC(=O)CNC(=O)C[C@H](CC(C)C)NC(=O)c2cc(-c3c(OC)cccc3OCc3ccccc3)n(C3CCCCC3)n2)CC(C)C)nn1CC(C)C. The lowest BCUT2D eigenvalue weighted by atomic mass is 9.95. The van der Waals surface area contributed by atoms with E-state index in [4.69, 9.17) is 53.2 Å². The monoisotopic (exact) mass is 1660 g/mol. The van der Waals surface area contributed by atoms with Gasteiger partial charge in [-0.3, -0.25) is 47.6 Å². The number of benzene rings is 5. The molecule has 0 bridgehead atoms. The van der Waals surface area contributed by atoms with Crippen molar-refractivity contribution >= 4 is 53.4 Å². The van der Waals surface area contributed by atoms with Crippen LogP contribution in [0.2, 0.25) is 0 Å². The van der Waals surface area contributed by atoms with Crippen LogP contribution < -0.4 is 60.3 Å². The van der Waals surface area contributed by atoms with Crippen LogP contribution in [0.3, 0.4) is 0 Å². The fourth-order valence-electron chi connectivity index (χ4n) is 15.6.